The van der Waals surface area contributed by atoms with E-state index < -0.39 is 0 Å². The van der Waals surface area contributed by atoms with Crippen LogP contribution < -0.4 is 10.1 Å². The maximum Gasteiger partial charge on any atom is 0.250 e. The number of thiazole rings is 1. The topological polar surface area (TPSA) is 68.5 Å². The van der Waals surface area contributed by atoms with Crippen molar-refractivity contribution in [2.75, 3.05) is 11.9 Å². The van der Waals surface area contributed by atoms with E-state index in [4.69, 9.17) is 16.3 Å². The van der Waals surface area contributed by atoms with Crippen LogP contribution in [0.4, 0.5) is 5.95 Å². The highest BCUT2D eigenvalue weighted by Gasteiger charge is 2.13. The van der Waals surface area contributed by atoms with Crippen molar-refractivity contribution < 1.29 is 9.53 Å². The fraction of sp³-hybridized carbons (Fsp3) is 0.150. The Morgan fingerprint density at radius 3 is 2.68 bits per heavy atom. The lowest BCUT2D eigenvalue weighted by Crippen LogP contribution is -2.16. The summed E-state index contributed by atoms with van der Waals surface area (Å²) in [6.45, 7) is 2.30. The Labute approximate surface area is 170 Å². The molecular weight excluding hydrogens is 396 g/mol. The van der Waals surface area contributed by atoms with Crippen LogP contribution in [-0.2, 0) is 4.79 Å². The number of fused-ring (bicyclic) bond motifs is 1. The van der Waals surface area contributed by atoms with Gasteiger partial charge in [0.15, 0.2) is 0 Å². The molecule has 2 heterocycles. The van der Waals surface area contributed by atoms with Gasteiger partial charge >= 0.3 is 0 Å². The monoisotopic (exact) mass is 412 g/mol. The molecule has 0 fully saturated rings. The van der Waals surface area contributed by atoms with Gasteiger partial charge < -0.3 is 4.74 Å². The minimum Gasteiger partial charge on any atom is -0.493 e. The van der Waals surface area contributed by atoms with Crippen LogP contribution in [0.1, 0.15) is 12.0 Å². The molecule has 2 aromatic heterocycles. The van der Waals surface area contributed by atoms with Crippen LogP contribution in [0.15, 0.2) is 53.9 Å². The van der Waals surface area contributed by atoms with Crippen LogP contribution >= 0.6 is 22.9 Å². The zero-order valence-corrected chi connectivity index (χ0v) is 16.6. The number of ether oxygens (including phenoxy) is 1. The number of rotatable bonds is 6. The summed E-state index contributed by atoms with van der Waals surface area (Å²) < 4.78 is 7.28. The number of anilines is 1. The predicted octanol–water partition coefficient (Wildman–Crippen LogP) is 4.83. The maximum atomic E-state index is 12.1. The van der Waals surface area contributed by atoms with E-state index in [-0.39, 0.29) is 24.9 Å². The highest BCUT2D eigenvalue weighted by atomic mass is 35.5. The van der Waals surface area contributed by atoms with Crippen molar-refractivity contribution in [1.29, 1.82) is 0 Å². The molecule has 0 bridgehead atoms. The number of hydrogen-bond donors (Lipinski definition) is 1. The van der Waals surface area contributed by atoms with E-state index in [2.05, 4.69) is 27.5 Å². The zero-order valence-electron chi connectivity index (χ0n) is 15.1. The number of halogens is 1. The van der Waals surface area contributed by atoms with Crippen molar-refractivity contribution in [2.45, 2.75) is 13.3 Å². The number of amides is 1. The normalized spacial score (nSPS) is 10.9. The molecule has 4 aromatic rings. The second-order valence-electron chi connectivity index (χ2n) is 6.22. The average Bonchev–Trinajstić information content (AvgIpc) is 3.24. The first-order valence-electron chi connectivity index (χ1n) is 8.68. The van der Waals surface area contributed by atoms with Crippen molar-refractivity contribution in [2.24, 2.45) is 0 Å². The number of aryl methyl sites for hydroxylation is 1. The van der Waals surface area contributed by atoms with E-state index >= 15 is 0 Å². The SMILES string of the molecule is Cc1ccc(-c2csc3nc(NC(=O)CCOc4ccc(Cl)cc4)nn23)cc1. The first-order valence-corrected chi connectivity index (χ1v) is 9.94. The molecule has 0 saturated carbocycles. The van der Waals surface area contributed by atoms with Gasteiger partial charge in [0.25, 0.3) is 0 Å². The van der Waals surface area contributed by atoms with Gasteiger partial charge in [0.1, 0.15) is 5.75 Å². The van der Waals surface area contributed by atoms with Crippen LogP contribution in [0.3, 0.4) is 0 Å². The Morgan fingerprint density at radius 1 is 1.18 bits per heavy atom. The van der Waals surface area contributed by atoms with Crippen LogP contribution in [0.25, 0.3) is 16.2 Å². The summed E-state index contributed by atoms with van der Waals surface area (Å²) in [6, 6.07) is 15.2. The van der Waals surface area contributed by atoms with E-state index in [1.807, 2.05) is 24.4 Å². The Hall–Kier alpha value is -2.90. The van der Waals surface area contributed by atoms with E-state index in [0.717, 1.165) is 16.2 Å². The second kappa shape index (κ2) is 8.00. The maximum absolute atomic E-state index is 12.1. The fourth-order valence-corrected chi connectivity index (χ4v) is 3.59. The van der Waals surface area contributed by atoms with Gasteiger partial charge in [0.05, 0.1) is 18.7 Å². The van der Waals surface area contributed by atoms with Crippen molar-refractivity contribution in [3.63, 3.8) is 0 Å². The summed E-state index contributed by atoms with van der Waals surface area (Å²) in [4.78, 5) is 17.3. The van der Waals surface area contributed by atoms with Crippen LogP contribution in [0.2, 0.25) is 5.02 Å². The molecule has 28 heavy (non-hydrogen) atoms. The third-order valence-electron chi connectivity index (χ3n) is 4.09. The van der Waals surface area contributed by atoms with Crippen LogP contribution in [-0.4, -0.2) is 27.1 Å². The molecule has 0 spiro atoms. The highest BCUT2D eigenvalue weighted by molar-refractivity contribution is 7.15. The molecule has 2 aromatic carbocycles. The summed E-state index contributed by atoms with van der Waals surface area (Å²) in [5.41, 5.74) is 3.19. The first kappa shape index (κ1) is 18.5. The number of nitrogens with zero attached hydrogens (tertiary/aromatic N) is 3. The van der Waals surface area contributed by atoms with E-state index in [1.165, 1.54) is 16.9 Å². The molecule has 142 valence electrons. The van der Waals surface area contributed by atoms with E-state index in [9.17, 15) is 4.79 Å². The quantitative estimate of drug-likeness (QED) is 0.492. The summed E-state index contributed by atoms with van der Waals surface area (Å²) in [7, 11) is 0. The van der Waals surface area contributed by atoms with Gasteiger partial charge in [-0.3, -0.25) is 10.1 Å². The van der Waals surface area contributed by atoms with Gasteiger partial charge in [0.2, 0.25) is 16.8 Å². The number of aromatic nitrogens is 3. The predicted molar refractivity (Wildman–Crippen MR) is 111 cm³/mol. The molecule has 6 nitrogen and oxygen atoms in total. The molecule has 1 N–H and O–H groups in total. The van der Waals surface area contributed by atoms with Crippen molar-refractivity contribution in [3.8, 4) is 17.0 Å². The number of benzene rings is 2. The third-order valence-corrected chi connectivity index (χ3v) is 5.16. The lowest BCUT2D eigenvalue weighted by Gasteiger charge is -2.05. The minimum absolute atomic E-state index is 0.195. The van der Waals surface area contributed by atoms with Gasteiger partial charge in [0, 0.05) is 16.0 Å². The standard InChI is InChI=1S/C20H17ClN4O2S/c1-13-2-4-14(5-3-13)17-12-28-20-23-19(24-25(17)20)22-18(26)10-11-27-16-8-6-15(21)7-9-16/h2-9,12H,10-11H2,1H3,(H,22,24,26). The van der Waals surface area contributed by atoms with Gasteiger partial charge in [-0.25, -0.2) is 4.52 Å². The highest BCUT2D eigenvalue weighted by Crippen LogP contribution is 2.26. The summed E-state index contributed by atoms with van der Waals surface area (Å²) >= 11 is 7.31. The van der Waals surface area contributed by atoms with Gasteiger partial charge in [-0.1, -0.05) is 41.4 Å². The molecule has 0 radical (unpaired) electrons. The number of nitrogens with one attached hydrogen (secondary N) is 1. The molecule has 0 unspecified atom stereocenters. The fourth-order valence-electron chi connectivity index (χ4n) is 2.64. The molecule has 0 aliphatic carbocycles. The lowest BCUT2D eigenvalue weighted by molar-refractivity contribution is -0.116. The number of hydrogen-bond acceptors (Lipinski definition) is 5. The van der Waals surface area contributed by atoms with Gasteiger partial charge in [-0.2, -0.15) is 4.98 Å². The smallest absolute Gasteiger partial charge is 0.250 e. The molecular formula is C20H17ClN4O2S. The Morgan fingerprint density at radius 2 is 1.93 bits per heavy atom. The van der Waals surface area contributed by atoms with Crippen molar-refractivity contribution >= 4 is 39.8 Å². The minimum atomic E-state index is -0.205. The van der Waals surface area contributed by atoms with Crippen LogP contribution in [0.5, 0.6) is 5.75 Å². The molecule has 0 aliphatic rings. The van der Waals surface area contributed by atoms with Crippen LogP contribution in [0, 0.1) is 6.92 Å². The number of carbonyl (C=O) groups is 1. The Kier molecular flexibility index (Phi) is 5.27. The Bertz CT molecular complexity index is 1100. The second-order valence-corrected chi connectivity index (χ2v) is 7.49. The van der Waals surface area contributed by atoms with Gasteiger partial charge in [-0.15, -0.1) is 16.4 Å². The van der Waals surface area contributed by atoms with E-state index in [1.54, 1.807) is 28.8 Å². The van der Waals surface area contributed by atoms with Gasteiger partial charge in [-0.05, 0) is 31.2 Å². The third kappa shape index (κ3) is 4.16. The molecule has 0 atom stereocenters. The van der Waals surface area contributed by atoms with Crippen molar-refractivity contribution in [3.05, 3.63) is 64.5 Å². The Balaban J connectivity index is 1.38. The average molecular weight is 413 g/mol. The molecule has 0 aliphatic heterocycles. The molecule has 1 amide bonds. The largest absolute Gasteiger partial charge is 0.493 e. The summed E-state index contributed by atoms with van der Waals surface area (Å²) in [5.74, 6) is 0.751. The molecule has 8 heteroatoms. The summed E-state index contributed by atoms with van der Waals surface area (Å²) in [5, 5.41) is 9.79. The zero-order chi connectivity index (χ0) is 19.5. The number of carbonyl (C=O) groups excluding carboxylic acids is 1. The summed E-state index contributed by atoms with van der Waals surface area (Å²) in [6.07, 6.45) is 0.195. The molecule has 0 saturated heterocycles. The molecule has 4 rings (SSSR count). The first-order chi connectivity index (χ1) is 13.6. The van der Waals surface area contributed by atoms with Crippen molar-refractivity contribution in [1.82, 2.24) is 14.6 Å². The lowest BCUT2D eigenvalue weighted by atomic mass is 10.1. The van der Waals surface area contributed by atoms with E-state index in [0.29, 0.717) is 10.8 Å².